The highest BCUT2D eigenvalue weighted by Gasteiger charge is 2.27. The molecule has 1 aromatic heterocycles. The first-order chi connectivity index (χ1) is 7.86. The molecular formula is C13H22N4. The normalized spacial score (nSPS) is 17.9. The summed E-state index contributed by atoms with van der Waals surface area (Å²) in [5, 5.41) is 3.41. The van der Waals surface area contributed by atoms with Crippen LogP contribution in [0.4, 0.5) is 11.6 Å². The van der Waals surface area contributed by atoms with Crippen LogP contribution >= 0.6 is 0 Å². The topological polar surface area (TPSA) is 63.8 Å². The number of hydrogen-bond donors (Lipinski definition) is 2. The molecule has 1 unspecified atom stereocenters. The van der Waals surface area contributed by atoms with Crippen LogP contribution < -0.4 is 11.1 Å². The molecule has 0 amide bonds. The molecule has 0 spiro atoms. The second-order valence-corrected chi connectivity index (χ2v) is 6.04. The molecule has 0 saturated heterocycles. The van der Waals surface area contributed by atoms with Gasteiger partial charge in [0.05, 0.1) is 0 Å². The predicted molar refractivity (Wildman–Crippen MR) is 71.0 cm³/mol. The molecule has 4 nitrogen and oxygen atoms in total. The zero-order chi connectivity index (χ0) is 12.6. The van der Waals surface area contributed by atoms with E-state index in [1.165, 1.54) is 12.8 Å². The minimum atomic E-state index is 0.194. The highest BCUT2D eigenvalue weighted by atomic mass is 15.1. The lowest BCUT2D eigenvalue weighted by molar-refractivity contribution is 0.358. The lowest BCUT2D eigenvalue weighted by Gasteiger charge is -2.28. The van der Waals surface area contributed by atoms with E-state index in [1.54, 1.807) is 0 Å². The van der Waals surface area contributed by atoms with Crippen molar-refractivity contribution < 1.29 is 0 Å². The summed E-state index contributed by atoms with van der Waals surface area (Å²) in [5.74, 6) is 2.84. The molecule has 3 N–H and O–H groups in total. The Labute approximate surface area is 103 Å². The number of rotatable bonds is 3. The van der Waals surface area contributed by atoms with Crippen LogP contribution in [0.1, 0.15) is 52.3 Å². The van der Waals surface area contributed by atoms with E-state index in [0.717, 1.165) is 11.6 Å². The van der Waals surface area contributed by atoms with Crippen molar-refractivity contribution in [3.8, 4) is 0 Å². The van der Waals surface area contributed by atoms with E-state index in [-0.39, 0.29) is 5.41 Å². The van der Waals surface area contributed by atoms with Gasteiger partial charge in [0.25, 0.3) is 0 Å². The zero-order valence-corrected chi connectivity index (χ0v) is 11.1. The van der Waals surface area contributed by atoms with Gasteiger partial charge in [-0.1, -0.05) is 20.8 Å². The number of nitrogen functional groups attached to an aromatic ring is 1. The molecule has 0 radical (unpaired) electrons. The second-order valence-electron chi connectivity index (χ2n) is 6.04. The molecule has 17 heavy (non-hydrogen) atoms. The third kappa shape index (κ3) is 3.08. The van der Waals surface area contributed by atoms with E-state index < -0.39 is 0 Å². The van der Waals surface area contributed by atoms with E-state index in [9.17, 15) is 0 Å². The van der Waals surface area contributed by atoms with Crippen molar-refractivity contribution in [2.45, 2.75) is 52.5 Å². The number of nitrogens with two attached hydrogens (primary N) is 1. The summed E-state index contributed by atoms with van der Waals surface area (Å²) in [4.78, 5) is 8.84. The molecule has 2 rings (SSSR count). The van der Waals surface area contributed by atoms with Crippen LogP contribution in [0.3, 0.4) is 0 Å². The molecule has 1 saturated carbocycles. The van der Waals surface area contributed by atoms with Crippen LogP contribution in [0.25, 0.3) is 0 Å². The first-order valence-electron chi connectivity index (χ1n) is 6.27. The second kappa shape index (κ2) is 4.17. The molecule has 1 heterocycles. The molecule has 1 aromatic rings. The van der Waals surface area contributed by atoms with Crippen LogP contribution in [0.15, 0.2) is 6.07 Å². The molecule has 94 valence electrons. The first kappa shape index (κ1) is 12.1. The predicted octanol–water partition coefficient (Wildman–Crippen LogP) is 2.78. The number of anilines is 2. The van der Waals surface area contributed by atoms with Gasteiger partial charge in [0.15, 0.2) is 0 Å². The zero-order valence-electron chi connectivity index (χ0n) is 11.1. The lowest BCUT2D eigenvalue weighted by Crippen LogP contribution is -2.31. The van der Waals surface area contributed by atoms with E-state index in [0.29, 0.717) is 17.8 Å². The van der Waals surface area contributed by atoms with Crippen molar-refractivity contribution in [2.75, 3.05) is 11.1 Å². The highest BCUT2D eigenvalue weighted by molar-refractivity contribution is 5.46. The fourth-order valence-electron chi connectivity index (χ4n) is 1.52. The van der Waals surface area contributed by atoms with Gasteiger partial charge in [-0.05, 0) is 25.2 Å². The van der Waals surface area contributed by atoms with Gasteiger partial charge in [-0.25, -0.2) is 9.97 Å². The Kier molecular flexibility index (Phi) is 2.98. The van der Waals surface area contributed by atoms with Gasteiger partial charge in [0.1, 0.15) is 17.5 Å². The summed E-state index contributed by atoms with van der Waals surface area (Å²) < 4.78 is 0. The Morgan fingerprint density at radius 2 is 2.00 bits per heavy atom. The highest BCUT2D eigenvalue weighted by Crippen LogP contribution is 2.38. The van der Waals surface area contributed by atoms with Gasteiger partial charge in [-0.15, -0.1) is 0 Å². The van der Waals surface area contributed by atoms with Gasteiger partial charge in [-0.3, -0.25) is 0 Å². The fraction of sp³-hybridized carbons (Fsp3) is 0.692. The van der Waals surface area contributed by atoms with E-state index in [4.69, 9.17) is 5.73 Å². The Morgan fingerprint density at radius 1 is 1.35 bits per heavy atom. The third-order valence-corrected chi connectivity index (χ3v) is 3.37. The van der Waals surface area contributed by atoms with Crippen molar-refractivity contribution >= 4 is 11.6 Å². The first-order valence-corrected chi connectivity index (χ1v) is 6.27. The summed E-state index contributed by atoms with van der Waals surface area (Å²) >= 11 is 0. The van der Waals surface area contributed by atoms with Gasteiger partial charge in [-0.2, -0.15) is 0 Å². The van der Waals surface area contributed by atoms with E-state index in [1.807, 2.05) is 6.07 Å². The minimum absolute atomic E-state index is 0.194. The number of nitrogens with zero attached hydrogens (tertiary/aromatic N) is 2. The van der Waals surface area contributed by atoms with Crippen molar-refractivity contribution in [3.05, 3.63) is 11.9 Å². The maximum absolute atomic E-state index is 5.82. The molecule has 1 atom stereocenters. The molecule has 1 fully saturated rings. The van der Waals surface area contributed by atoms with Crippen LogP contribution in [0.2, 0.25) is 0 Å². The van der Waals surface area contributed by atoms with E-state index in [2.05, 4.69) is 43.0 Å². The summed E-state index contributed by atoms with van der Waals surface area (Å²) in [6, 6.07) is 2.15. The van der Waals surface area contributed by atoms with Crippen molar-refractivity contribution in [1.82, 2.24) is 9.97 Å². The monoisotopic (exact) mass is 234 g/mol. The van der Waals surface area contributed by atoms with E-state index >= 15 is 0 Å². The van der Waals surface area contributed by atoms with Crippen molar-refractivity contribution in [1.29, 1.82) is 0 Å². The summed E-state index contributed by atoms with van der Waals surface area (Å²) in [7, 11) is 0. The van der Waals surface area contributed by atoms with Gasteiger partial charge < -0.3 is 11.1 Å². The number of nitrogens with one attached hydrogen (secondary N) is 1. The average Bonchev–Trinajstić information content (AvgIpc) is 2.97. The quantitative estimate of drug-likeness (QED) is 0.844. The summed E-state index contributed by atoms with van der Waals surface area (Å²) in [6.45, 7) is 8.78. The summed E-state index contributed by atoms with van der Waals surface area (Å²) in [6.07, 6.45) is 2.38. The smallest absolute Gasteiger partial charge is 0.136 e. The van der Waals surface area contributed by atoms with Gasteiger partial charge in [0, 0.05) is 18.0 Å². The maximum Gasteiger partial charge on any atom is 0.136 e. The Hall–Kier alpha value is -1.32. The number of hydrogen-bond acceptors (Lipinski definition) is 4. The molecule has 0 bridgehead atoms. The van der Waals surface area contributed by atoms with Crippen molar-refractivity contribution in [2.24, 2.45) is 5.41 Å². The third-order valence-electron chi connectivity index (χ3n) is 3.37. The van der Waals surface area contributed by atoms with Gasteiger partial charge in [0.2, 0.25) is 0 Å². The Morgan fingerprint density at radius 3 is 2.53 bits per heavy atom. The molecule has 0 aliphatic heterocycles. The van der Waals surface area contributed by atoms with Crippen LogP contribution in [-0.2, 0) is 0 Å². The molecular weight excluding hydrogens is 212 g/mol. The molecule has 0 aromatic carbocycles. The maximum atomic E-state index is 5.82. The Balaban J connectivity index is 2.15. The molecule has 1 aliphatic rings. The molecule has 4 heteroatoms. The SMILES string of the molecule is CC(Nc1cc(N)nc(C2CC2)n1)C(C)(C)C. The summed E-state index contributed by atoms with van der Waals surface area (Å²) in [5.41, 5.74) is 6.01. The molecule has 1 aliphatic carbocycles. The average molecular weight is 234 g/mol. The lowest BCUT2D eigenvalue weighted by atomic mass is 9.88. The van der Waals surface area contributed by atoms with Crippen LogP contribution in [-0.4, -0.2) is 16.0 Å². The Bertz CT molecular complexity index is 404. The largest absolute Gasteiger partial charge is 0.384 e. The van der Waals surface area contributed by atoms with Crippen LogP contribution in [0.5, 0.6) is 0 Å². The standard InChI is InChI=1S/C13H22N4/c1-8(13(2,3)4)15-11-7-10(14)16-12(17-11)9-5-6-9/h7-9H,5-6H2,1-4H3,(H3,14,15,16,17). The minimum Gasteiger partial charge on any atom is -0.384 e. The van der Waals surface area contributed by atoms with Gasteiger partial charge >= 0.3 is 0 Å². The van der Waals surface area contributed by atoms with Crippen LogP contribution in [0, 0.1) is 5.41 Å². The number of aromatic nitrogens is 2. The van der Waals surface area contributed by atoms with Crippen molar-refractivity contribution in [3.63, 3.8) is 0 Å². The fourth-order valence-corrected chi connectivity index (χ4v) is 1.52.